The maximum absolute atomic E-state index is 12.8. The van der Waals surface area contributed by atoms with Gasteiger partial charge in [0.25, 0.3) is 0 Å². The van der Waals surface area contributed by atoms with Crippen LogP contribution in [0.25, 0.3) is 44.0 Å². The number of aliphatic carboxylic acids is 1. The van der Waals surface area contributed by atoms with Gasteiger partial charge in [0.05, 0.1) is 24.8 Å². The molecule has 3 aromatic carbocycles. The smallest absolute Gasteiger partial charge is 0.340 e. The monoisotopic (exact) mass is 577 g/mol. The molecule has 1 unspecified atom stereocenters. The third kappa shape index (κ3) is 5.50. The van der Waals surface area contributed by atoms with Crippen LogP contribution in [0, 0.1) is 6.92 Å². The minimum Gasteiger partial charge on any atom is -0.480 e. The number of aromatic nitrogens is 1. The standard InChI is InChI=1S/C33H27N3O7/c1-18-22-12-24-25(19-7-3-2-4-8-19)17-42-28(24)14-29(22)43-33(41)23(18)13-30(37)35-16-31(38)36-27(32(39)40)11-20-15-34-26-10-6-5-9-21(20)26/h2-10,12,14-15,17,27,34H,11,13,16H2,1H3,(H,35,37)(H,36,38)(H,39,40). The molecule has 3 aromatic heterocycles. The highest BCUT2D eigenvalue weighted by molar-refractivity contribution is 6.02. The fourth-order valence-electron chi connectivity index (χ4n) is 5.32. The van der Waals surface area contributed by atoms with Gasteiger partial charge < -0.3 is 29.6 Å². The van der Waals surface area contributed by atoms with Crippen molar-refractivity contribution in [3.63, 3.8) is 0 Å². The number of carboxylic acid groups (broad SMARTS) is 1. The molecule has 10 nitrogen and oxygen atoms in total. The molecule has 10 heteroatoms. The number of nitrogens with one attached hydrogen (secondary N) is 3. The molecular formula is C33H27N3O7. The molecule has 43 heavy (non-hydrogen) atoms. The molecule has 3 heterocycles. The molecule has 2 amide bonds. The molecule has 0 saturated carbocycles. The van der Waals surface area contributed by atoms with Gasteiger partial charge in [-0.2, -0.15) is 0 Å². The van der Waals surface area contributed by atoms with Crippen LogP contribution in [0.4, 0.5) is 0 Å². The van der Waals surface area contributed by atoms with Crippen molar-refractivity contribution in [2.24, 2.45) is 0 Å². The normalized spacial score (nSPS) is 12.0. The second-order valence-electron chi connectivity index (χ2n) is 10.3. The molecule has 0 aliphatic carbocycles. The first kappa shape index (κ1) is 27.5. The molecule has 1 atom stereocenters. The van der Waals surface area contributed by atoms with E-state index in [0.717, 1.165) is 33.0 Å². The Morgan fingerprint density at radius 3 is 2.49 bits per heavy atom. The Labute approximate surface area is 244 Å². The highest BCUT2D eigenvalue weighted by Crippen LogP contribution is 2.34. The Morgan fingerprint density at radius 2 is 1.70 bits per heavy atom. The summed E-state index contributed by atoms with van der Waals surface area (Å²) >= 11 is 0. The average molecular weight is 578 g/mol. The minimum atomic E-state index is -1.20. The molecule has 0 radical (unpaired) electrons. The van der Waals surface area contributed by atoms with E-state index in [-0.39, 0.29) is 18.4 Å². The summed E-state index contributed by atoms with van der Waals surface area (Å²) in [5, 5.41) is 17.0. The van der Waals surface area contributed by atoms with Gasteiger partial charge in [0.1, 0.15) is 17.2 Å². The zero-order chi connectivity index (χ0) is 30.1. The Morgan fingerprint density at radius 1 is 0.930 bits per heavy atom. The van der Waals surface area contributed by atoms with Gasteiger partial charge in [-0.3, -0.25) is 9.59 Å². The summed E-state index contributed by atoms with van der Waals surface area (Å²) in [5.74, 6) is -2.45. The van der Waals surface area contributed by atoms with Crippen molar-refractivity contribution in [3.8, 4) is 11.1 Å². The summed E-state index contributed by atoms with van der Waals surface area (Å²) in [6.45, 7) is 1.29. The summed E-state index contributed by atoms with van der Waals surface area (Å²) in [6.07, 6.45) is 3.11. The van der Waals surface area contributed by atoms with Crippen molar-refractivity contribution in [1.29, 1.82) is 0 Å². The second kappa shape index (κ2) is 11.3. The van der Waals surface area contributed by atoms with Crippen molar-refractivity contribution in [2.75, 3.05) is 6.54 Å². The van der Waals surface area contributed by atoms with Crippen LogP contribution in [-0.2, 0) is 27.2 Å². The van der Waals surface area contributed by atoms with E-state index in [9.17, 15) is 24.3 Å². The first-order valence-corrected chi connectivity index (χ1v) is 13.7. The quantitative estimate of drug-likeness (QED) is 0.185. The number of carboxylic acids is 1. The van der Waals surface area contributed by atoms with Crippen LogP contribution in [-0.4, -0.2) is 40.5 Å². The highest BCUT2D eigenvalue weighted by atomic mass is 16.4. The molecule has 0 saturated heterocycles. The van der Waals surface area contributed by atoms with Crippen molar-refractivity contribution in [2.45, 2.75) is 25.8 Å². The molecule has 0 spiro atoms. The van der Waals surface area contributed by atoms with E-state index in [1.165, 1.54) is 0 Å². The average Bonchev–Trinajstić information content (AvgIpc) is 3.61. The maximum atomic E-state index is 12.8. The number of hydrogen-bond acceptors (Lipinski definition) is 6. The fourth-order valence-corrected chi connectivity index (χ4v) is 5.32. The number of para-hydroxylation sites is 1. The van der Waals surface area contributed by atoms with Gasteiger partial charge in [-0.05, 0) is 35.7 Å². The Bertz CT molecular complexity index is 2070. The summed E-state index contributed by atoms with van der Waals surface area (Å²) in [5.41, 5.74) is 4.45. The Kier molecular flexibility index (Phi) is 7.25. The molecular weight excluding hydrogens is 550 g/mol. The molecule has 0 bridgehead atoms. The van der Waals surface area contributed by atoms with Gasteiger partial charge in [-0.1, -0.05) is 48.5 Å². The maximum Gasteiger partial charge on any atom is 0.340 e. The molecule has 6 aromatic rings. The lowest BCUT2D eigenvalue weighted by atomic mass is 9.99. The number of rotatable bonds is 9. The minimum absolute atomic E-state index is 0.0618. The molecule has 6 rings (SSSR count). The fraction of sp³-hybridized carbons (Fsp3) is 0.152. The van der Waals surface area contributed by atoms with Crippen LogP contribution in [0.5, 0.6) is 0 Å². The van der Waals surface area contributed by atoms with Crippen molar-refractivity contribution in [1.82, 2.24) is 15.6 Å². The van der Waals surface area contributed by atoms with Crippen LogP contribution in [0.3, 0.4) is 0 Å². The third-order valence-electron chi connectivity index (χ3n) is 7.58. The lowest BCUT2D eigenvalue weighted by Gasteiger charge is -2.15. The van der Waals surface area contributed by atoms with Crippen LogP contribution < -0.4 is 16.3 Å². The number of aromatic amines is 1. The topological polar surface area (TPSA) is 155 Å². The number of furan rings is 1. The number of aryl methyl sites for hydroxylation is 1. The second-order valence-corrected chi connectivity index (χ2v) is 10.3. The highest BCUT2D eigenvalue weighted by Gasteiger charge is 2.23. The number of amides is 2. The van der Waals surface area contributed by atoms with Gasteiger partial charge in [-0.25, -0.2) is 9.59 Å². The van der Waals surface area contributed by atoms with Gasteiger partial charge in [0, 0.05) is 45.9 Å². The number of fused-ring (bicyclic) bond motifs is 3. The zero-order valence-corrected chi connectivity index (χ0v) is 23.1. The first-order chi connectivity index (χ1) is 20.8. The van der Waals surface area contributed by atoms with Gasteiger partial charge in [-0.15, -0.1) is 0 Å². The largest absolute Gasteiger partial charge is 0.480 e. The van der Waals surface area contributed by atoms with Crippen LogP contribution in [0.1, 0.15) is 16.7 Å². The van der Waals surface area contributed by atoms with Crippen LogP contribution in [0.2, 0.25) is 0 Å². The van der Waals surface area contributed by atoms with Crippen LogP contribution >= 0.6 is 0 Å². The summed E-state index contributed by atoms with van der Waals surface area (Å²) in [6, 6.07) is 19.5. The molecule has 4 N–H and O–H groups in total. The van der Waals surface area contributed by atoms with Crippen molar-refractivity contribution >= 4 is 50.6 Å². The van der Waals surface area contributed by atoms with Gasteiger partial charge in [0.15, 0.2) is 0 Å². The number of H-pyrrole nitrogens is 1. The first-order valence-electron chi connectivity index (χ1n) is 13.7. The predicted octanol–water partition coefficient (Wildman–Crippen LogP) is 4.47. The van der Waals surface area contributed by atoms with E-state index in [0.29, 0.717) is 22.1 Å². The van der Waals surface area contributed by atoms with E-state index in [1.807, 2.05) is 60.7 Å². The van der Waals surface area contributed by atoms with E-state index in [1.54, 1.807) is 25.5 Å². The summed E-state index contributed by atoms with van der Waals surface area (Å²) in [4.78, 5) is 53.1. The van der Waals surface area contributed by atoms with E-state index in [2.05, 4.69) is 15.6 Å². The molecule has 0 aliphatic rings. The summed E-state index contributed by atoms with van der Waals surface area (Å²) in [7, 11) is 0. The SMILES string of the molecule is Cc1c(CC(=O)NCC(=O)NC(Cc2c[nH]c3ccccc23)C(=O)O)c(=O)oc2cc3occ(-c4ccccc4)c3cc12. The van der Waals surface area contributed by atoms with Crippen molar-refractivity contribution < 1.29 is 28.3 Å². The number of benzene rings is 3. The third-order valence-corrected chi connectivity index (χ3v) is 7.58. The van der Waals surface area contributed by atoms with Gasteiger partial charge in [0.2, 0.25) is 11.8 Å². The predicted molar refractivity (Wildman–Crippen MR) is 161 cm³/mol. The number of carbonyl (C=O) groups excluding carboxylic acids is 2. The molecule has 216 valence electrons. The van der Waals surface area contributed by atoms with E-state index < -0.39 is 36.0 Å². The lowest BCUT2D eigenvalue weighted by Crippen LogP contribution is -2.46. The van der Waals surface area contributed by atoms with Crippen LogP contribution in [0.15, 0.2) is 92.8 Å². The number of hydrogen-bond donors (Lipinski definition) is 4. The Hall–Kier alpha value is -5.64. The lowest BCUT2D eigenvalue weighted by molar-refractivity contribution is -0.141. The van der Waals surface area contributed by atoms with Gasteiger partial charge >= 0.3 is 11.6 Å². The molecule has 0 aliphatic heterocycles. The molecule has 0 fully saturated rings. The van der Waals surface area contributed by atoms with Crippen molar-refractivity contribution in [3.05, 3.63) is 106 Å². The zero-order valence-electron chi connectivity index (χ0n) is 23.1. The van der Waals surface area contributed by atoms with E-state index in [4.69, 9.17) is 8.83 Å². The Balaban J connectivity index is 1.15. The number of carbonyl (C=O) groups is 3. The van der Waals surface area contributed by atoms with E-state index >= 15 is 0 Å². The summed E-state index contributed by atoms with van der Waals surface area (Å²) < 4.78 is 11.3.